The molecule has 1 aromatic heterocycles. The van der Waals surface area contributed by atoms with Gasteiger partial charge in [0.2, 0.25) is 0 Å². The third-order valence-corrected chi connectivity index (χ3v) is 2.37. The number of aryl methyl sites for hydroxylation is 1. The summed E-state index contributed by atoms with van der Waals surface area (Å²) in [5.74, 6) is -0.327. The molecule has 3 nitrogen and oxygen atoms in total. The summed E-state index contributed by atoms with van der Waals surface area (Å²) in [6.07, 6.45) is 1.52. The van der Waals surface area contributed by atoms with E-state index in [0.29, 0.717) is 5.76 Å². The molecule has 0 aliphatic rings. The Bertz CT molecular complexity index is 520. The summed E-state index contributed by atoms with van der Waals surface area (Å²) < 4.78 is 18.5. The molecule has 1 heterocycles. The van der Waals surface area contributed by atoms with Crippen LogP contribution in [-0.2, 0) is 6.54 Å². The zero-order valence-electron chi connectivity index (χ0n) is 9.37. The smallest absolute Gasteiger partial charge is 0.254 e. The second-order valence-corrected chi connectivity index (χ2v) is 3.75. The minimum absolute atomic E-state index is 0.0437. The van der Waals surface area contributed by atoms with Gasteiger partial charge in [-0.15, -0.1) is 0 Å². The molecular weight excluding hydrogens is 221 g/mol. The largest absolute Gasteiger partial charge is 0.467 e. The van der Waals surface area contributed by atoms with Gasteiger partial charge in [0.1, 0.15) is 11.6 Å². The average molecular weight is 233 g/mol. The molecular formula is C13H12FNO2. The van der Waals surface area contributed by atoms with Crippen LogP contribution in [0.3, 0.4) is 0 Å². The Morgan fingerprint density at radius 1 is 1.41 bits per heavy atom. The zero-order chi connectivity index (χ0) is 12.3. The van der Waals surface area contributed by atoms with Crippen molar-refractivity contribution < 1.29 is 13.6 Å². The van der Waals surface area contributed by atoms with Gasteiger partial charge in [-0.3, -0.25) is 4.79 Å². The minimum Gasteiger partial charge on any atom is -0.467 e. The molecule has 0 fully saturated rings. The summed E-state index contributed by atoms with van der Waals surface area (Å²) in [6, 6.07) is 7.98. The molecule has 4 heteroatoms. The summed E-state index contributed by atoms with van der Waals surface area (Å²) in [4.78, 5) is 11.7. The monoisotopic (exact) mass is 233 g/mol. The summed E-state index contributed by atoms with van der Waals surface area (Å²) in [5.41, 5.74) is 0.826. The van der Waals surface area contributed by atoms with Crippen molar-refractivity contribution >= 4 is 5.91 Å². The lowest BCUT2D eigenvalue weighted by atomic mass is 10.1. The highest BCUT2D eigenvalue weighted by molar-refractivity contribution is 5.94. The fourth-order valence-corrected chi connectivity index (χ4v) is 1.48. The molecule has 0 aliphatic heterocycles. The highest BCUT2D eigenvalue weighted by Crippen LogP contribution is 2.10. The Balaban J connectivity index is 2.04. The molecule has 0 atom stereocenters. The first-order chi connectivity index (χ1) is 8.16. The summed E-state index contributed by atoms with van der Waals surface area (Å²) >= 11 is 0. The van der Waals surface area contributed by atoms with Crippen LogP contribution >= 0.6 is 0 Å². The van der Waals surface area contributed by atoms with E-state index >= 15 is 0 Å². The molecule has 0 aliphatic carbocycles. The lowest BCUT2D eigenvalue weighted by molar-refractivity contribution is 0.0944. The number of hydrogen-bond acceptors (Lipinski definition) is 2. The van der Waals surface area contributed by atoms with Crippen LogP contribution in [0.1, 0.15) is 21.7 Å². The van der Waals surface area contributed by atoms with Crippen molar-refractivity contribution in [3.05, 3.63) is 59.3 Å². The van der Waals surface area contributed by atoms with E-state index in [4.69, 9.17) is 4.42 Å². The molecule has 0 radical (unpaired) electrons. The summed E-state index contributed by atoms with van der Waals surface area (Å²) in [6.45, 7) is 2.02. The number of nitrogens with one attached hydrogen (secondary N) is 1. The Morgan fingerprint density at radius 2 is 2.24 bits per heavy atom. The number of rotatable bonds is 3. The van der Waals surface area contributed by atoms with E-state index < -0.39 is 11.7 Å². The molecule has 17 heavy (non-hydrogen) atoms. The molecule has 2 aromatic rings. The maximum atomic E-state index is 13.5. The van der Waals surface area contributed by atoms with E-state index in [1.165, 1.54) is 18.4 Å². The van der Waals surface area contributed by atoms with Crippen LogP contribution in [0, 0.1) is 12.7 Å². The second kappa shape index (κ2) is 4.82. The van der Waals surface area contributed by atoms with Crippen LogP contribution in [0.25, 0.3) is 0 Å². The first-order valence-corrected chi connectivity index (χ1v) is 5.23. The number of benzene rings is 1. The number of halogens is 1. The van der Waals surface area contributed by atoms with Crippen molar-refractivity contribution in [3.8, 4) is 0 Å². The van der Waals surface area contributed by atoms with Gasteiger partial charge in [0, 0.05) is 0 Å². The van der Waals surface area contributed by atoms with Crippen LogP contribution in [0.5, 0.6) is 0 Å². The Labute approximate surface area is 98.3 Å². The van der Waals surface area contributed by atoms with Gasteiger partial charge in [0.15, 0.2) is 0 Å². The van der Waals surface area contributed by atoms with Crippen LogP contribution in [0.2, 0.25) is 0 Å². The topological polar surface area (TPSA) is 42.2 Å². The van der Waals surface area contributed by atoms with Crippen LogP contribution in [-0.4, -0.2) is 5.91 Å². The molecule has 0 spiro atoms. The third-order valence-electron chi connectivity index (χ3n) is 2.37. The second-order valence-electron chi connectivity index (χ2n) is 3.75. The number of carbonyl (C=O) groups excluding carboxylic acids is 1. The van der Waals surface area contributed by atoms with E-state index in [1.54, 1.807) is 25.1 Å². The summed E-state index contributed by atoms with van der Waals surface area (Å²) in [7, 11) is 0. The van der Waals surface area contributed by atoms with E-state index in [9.17, 15) is 9.18 Å². The van der Waals surface area contributed by atoms with Crippen molar-refractivity contribution in [2.45, 2.75) is 13.5 Å². The van der Waals surface area contributed by atoms with Crippen LogP contribution in [0.4, 0.5) is 4.39 Å². The maximum Gasteiger partial charge on any atom is 0.254 e. The highest BCUT2D eigenvalue weighted by Gasteiger charge is 2.11. The molecule has 88 valence electrons. The van der Waals surface area contributed by atoms with E-state index in [2.05, 4.69) is 5.32 Å². The summed E-state index contributed by atoms with van der Waals surface area (Å²) in [5, 5.41) is 2.59. The van der Waals surface area contributed by atoms with Gasteiger partial charge < -0.3 is 9.73 Å². The van der Waals surface area contributed by atoms with Gasteiger partial charge in [0.25, 0.3) is 5.91 Å². The Morgan fingerprint density at radius 3 is 2.88 bits per heavy atom. The van der Waals surface area contributed by atoms with Crippen molar-refractivity contribution in [3.63, 3.8) is 0 Å². The number of hydrogen-bond donors (Lipinski definition) is 1. The molecule has 1 amide bonds. The molecule has 0 saturated heterocycles. The Kier molecular flexibility index (Phi) is 3.23. The molecule has 2 rings (SSSR count). The lowest BCUT2D eigenvalue weighted by Crippen LogP contribution is -2.23. The molecule has 1 N–H and O–H groups in total. The number of furan rings is 1. The molecule has 0 saturated carbocycles. The van der Waals surface area contributed by atoms with Gasteiger partial charge in [-0.25, -0.2) is 4.39 Å². The van der Waals surface area contributed by atoms with Crippen LogP contribution < -0.4 is 5.32 Å². The van der Waals surface area contributed by atoms with Gasteiger partial charge >= 0.3 is 0 Å². The predicted octanol–water partition coefficient (Wildman–Crippen LogP) is 2.66. The first-order valence-electron chi connectivity index (χ1n) is 5.23. The van der Waals surface area contributed by atoms with E-state index in [0.717, 1.165) is 5.56 Å². The molecule has 0 bridgehead atoms. The standard InChI is InChI=1S/C13H12FNO2/c1-9-4-5-11(12(14)7-9)13(16)15-8-10-3-2-6-17-10/h2-7H,8H2,1H3,(H,15,16). The highest BCUT2D eigenvalue weighted by atomic mass is 19.1. The van der Waals surface area contributed by atoms with Gasteiger partial charge in [-0.05, 0) is 36.8 Å². The predicted molar refractivity (Wildman–Crippen MR) is 61.0 cm³/mol. The third kappa shape index (κ3) is 2.72. The SMILES string of the molecule is Cc1ccc(C(=O)NCc2ccco2)c(F)c1. The Hall–Kier alpha value is -2.10. The van der Waals surface area contributed by atoms with Crippen molar-refractivity contribution in [2.75, 3.05) is 0 Å². The minimum atomic E-state index is -0.512. The fourth-order valence-electron chi connectivity index (χ4n) is 1.48. The fraction of sp³-hybridized carbons (Fsp3) is 0.154. The van der Waals surface area contributed by atoms with Gasteiger partial charge in [0.05, 0.1) is 18.4 Å². The zero-order valence-corrected chi connectivity index (χ0v) is 9.37. The quantitative estimate of drug-likeness (QED) is 0.885. The van der Waals surface area contributed by atoms with Crippen molar-refractivity contribution in [2.24, 2.45) is 0 Å². The van der Waals surface area contributed by atoms with Gasteiger partial charge in [-0.2, -0.15) is 0 Å². The maximum absolute atomic E-state index is 13.5. The number of amides is 1. The normalized spacial score (nSPS) is 10.2. The van der Waals surface area contributed by atoms with Crippen LogP contribution in [0.15, 0.2) is 41.0 Å². The van der Waals surface area contributed by atoms with Gasteiger partial charge in [-0.1, -0.05) is 6.07 Å². The van der Waals surface area contributed by atoms with Crippen molar-refractivity contribution in [1.82, 2.24) is 5.32 Å². The average Bonchev–Trinajstić information content (AvgIpc) is 2.78. The molecule has 1 aromatic carbocycles. The first kappa shape index (κ1) is 11.4. The molecule has 0 unspecified atom stereocenters. The van der Waals surface area contributed by atoms with Crippen molar-refractivity contribution in [1.29, 1.82) is 0 Å². The van der Waals surface area contributed by atoms with E-state index in [-0.39, 0.29) is 12.1 Å². The van der Waals surface area contributed by atoms with E-state index in [1.807, 2.05) is 0 Å². The lowest BCUT2D eigenvalue weighted by Gasteiger charge is -2.05. The number of carbonyl (C=O) groups is 1.